The zero-order valence-electron chi connectivity index (χ0n) is 26.9. The molecule has 0 saturated carbocycles. The number of carbonyl (C=O) groups is 4. The SMILES string of the molecule is [3H]CC([3H])C(=O)NCCNC(=O)NC(N)=NCCC[C@@H](NC(=O)C(c1ccccc1)c1ccccc1)C(=O)NCc1ccc(O)cc1. The number of rotatable bonds is 15. The molecule has 0 aliphatic carbocycles. The van der Waals surface area contributed by atoms with E-state index in [1.54, 1.807) is 12.1 Å². The Hall–Kier alpha value is -5.39. The summed E-state index contributed by atoms with van der Waals surface area (Å²) in [5, 5.41) is 22.6. The van der Waals surface area contributed by atoms with Gasteiger partial charge in [-0.3, -0.25) is 24.7 Å². The normalized spacial score (nSPS) is 13.0. The number of nitrogens with two attached hydrogens (primary N) is 1. The molecule has 0 spiro atoms. The number of guanidine groups is 1. The molecule has 0 fully saturated rings. The third kappa shape index (κ3) is 12.0. The molecule has 12 nitrogen and oxygen atoms in total. The van der Waals surface area contributed by atoms with Crippen LogP contribution in [0, 0.1) is 0 Å². The van der Waals surface area contributed by atoms with Crippen LogP contribution in [0.15, 0.2) is 89.9 Å². The minimum atomic E-state index is -1.18. The molecule has 238 valence electrons. The van der Waals surface area contributed by atoms with E-state index in [9.17, 15) is 24.3 Å². The number of aliphatic imine (C=N–C) groups is 1. The van der Waals surface area contributed by atoms with Crippen molar-refractivity contribution in [1.29, 1.82) is 0 Å². The van der Waals surface area contributed by atoms with Crippen LogP contribution in [-0.4, -0.2) is 60.5 Å². The number of aromatic hydroxyl groups is 1. The van der Waals surface area contributed by atoms with Gasteiger partial charge in [0.1, 0.15) is 11.8 Å². The van der Waals surface area contributed by atoms with Crippen molar-refractivity contribution in [2.45, 2.75) is 44.6 Å². The van der Waals surface area contributed by atoms with Crippen molar-refractivity contribution in [1.82, 2.24) is 26.6 Å². The predicted octanol–water partition coefficient (Wildman–Crippen LogP) is 2.25. The standard InChI is InChI=1S/C33H41N7O5/c1-2-28(42)35-20-21-37-33(45)40-32(34)36-19-9-14-27(30(43)38-22-23-15-17-26(41)18-16-23)39-31(44)29(24-10-5-3-6-11-24)25-12-7-4-8-13-25/h3-8,10-13,15-18,27,29,41H,2,9,14,19-22H2,1H3,(H,35,42)(H,38,43)(H,39,44)(H4,34,36,37,40,45)/t27-/m1/s1/i1T,2T/t2?,27-. The number of hydrogen-bond donors (Lipinski definition) is 7. The van der Waals surface area contributed by atoms with E-state index in [1.807, 2.05) is 60.7 Å². The minimum Gasteiger partial charge on any atom is -0.508 e. The molecule has 3 rings (SSSR count). The topological polar surface area (TPSA) is 187 Å². The van der Waals surface area contributed by atoms with Gasteiger partial charge < -0.3 is 32.1 Å². The van der Waals surface area contributed by atoms with E-state index in [0.717, 1.165) is 16.7 Å². The Morgan fingerprint density at radius 3 is 2.11 bits per heavy atom. The first-order valence-corrected chi connectivity index (χ1v) is 14.5. The summed E-state index contributed by atoms with van der Waals surface area (Å²) in [5.74, 6) is -2.03. The first-order valence-electron chi connectivity index (χ1n) is 15.8. The summed E-state index contributed by atoms with van der Waals surface area (Å²) >= 11 is 0. The fourth-order valence-electron chi connectivity index (χ4n) is 4.37. The van der Waals surface area contributed by atoms with E-state index in [1.165, 1.54) is 12.1 Å². The Balaban J connectivity index is 1.61. The van der Waals surface area contributed by atoms with Crippen LogP contribution in [0.3, 0.4) is 0 Å². The maximum atomic E-state index is 13.8. The van der Waals surface area contributed by atoms with Gasteiger partial charge in [0.05, 0.1) is 5.92 Å². The number of phenolic OH excluding ortho intramolecular Hbond substituents is 1. The zero-order valence-corrected chi connectivity index (χ0v) is 24.9. The molecule has 1 unspecified atom stereocenters. The lowest BCUT2D eigenvalue weighted by Gasteiger charge is -2.23. The Labute approximate surface area is 265 Å². The van der Waals surface area contributed by atoms with Crippen LogP contribution in [0.4, 0.5) is 4.79 Å². The van der Waals surface area contributed by atoms with Crippen LogP contribution in [-0.2, 0) is 20.9 Å². The number of carbonyl (C=O) groups excluding carboxylic acids is 4. The molecule has 2 atom stereocenters. The van der Waals surface area contributed by atoms with Crippen molar-refractivity contribution in [3.8, 4) is 5.75 Å². The van der Waals surface area contributed by atoms with Gasteiger partial charge in [0.25, 0.3) is 0 Å². The molecule has 0 aliphatic heterocycles. The summed E-state index contributed by atoms with van der Waals surface area (Å²) in [7, 11) is 0. The largest absolute Gasteiger partial charge is 0.508 e. The van der Waals surface area contributed by atoms with Crippen LogP contribution in [0.25, 0.3) is 0 Å². The number of amides is 5. The highest BCUT2D eigenvalue weighted by atomic mass is 16.3. The zero-order chi connectivity index (χ0) is 34.0. The molecule has 45 heavy (non-hydrogen) atoms. The molecular formula is C33H41N7O5. The van der Waals surface area contributed by atoms with Gasteiger partial charge in [-0.05, 0) is 41.7 Å². The molecular weight excluding hydrogens is 574 g/mol. The lowest BCUT2D eigenvalue weighted by molar-refractivity contribution is -0.129. The summed E-state index contributed by atoms with van der Waals surface area (Å²) in [6, 6.07) is 23.5. The number of hydrogen-bond acceptors (Lipinski definition) is 6. The van der Waals surface area contributed by atoms with Gasteiger partial charge in [-0.25, -0.2) is 4.79 Å². The Morgan fingerprint density at radius 2 is 1.49 bits per heavy atom. The van der Waals surface area contributed by atoms with E-state index >= 15 is 0 Å². The number of benzene rings is 3. The van der Waals surface area contributed by atoms with E-state index in [-0.39, 0.29) is 57.1 Å². The van der Waals surface area contributed by atoms with Crippen molar-refractivity contribution in [3.05, 3.63) is 102 Å². The number of nitrogens with zero attached hydrogens (tertiary/aromatic N) is 1. The van der Waals surface area contributed by atoms with Crippen LogP contribution in [0.1, 0.15) is 51.5 Å². The minimum absolute atomic E-state index is 0.0726. The van der Waals surface area contributed by atoms with Crippen molar-refractivity contribution >= 4 is 29.7 Å². The second kappa shape index (κ2) is 18.3. The molecule has 5 amide bonds. The van der Waals surface area contributed by atoms with Gasteiger partial charge in [-0.1, -0.05) is 79.7 Å². The fraction of sp³-hybridized carbons (Fsp3) is 0.303. The maximum absolute atomic E-state index is 13.8. The van der Waals surface area contributed by atoms with Crippen LogP contribution in [0.5, 0.6) is 5.75 Å². The first-order chi connectivity index (χ1) is 22.7. The maximum Gasteiger partial charge on any atom is 0.321 e. The summed E-state index contributed by atoms with van der Waals surface area (Å²) in [6.07, 6.45) is -0.611. The quantitative estimate of drug-likeness (QED) is 0.0776. The van der Waals surface area contributed by atoms with E-state index in [2.05, 4.69) is 31.6 Å². The van der Waals surface area contributed by atoms with Crippen molar-refractivity contribution in [2.24, 2.45) is 10.7 Å². The van der Waals surface area contributed by atoms with E-state index < -0.39 is 36.2 Å². The first kappa shape index (κ1) is 31.0. The summed E-state index contributed by atoms with van der Waals surface area (Å²) in [5.41, 5.74) is 8.15. The second-order valence-electron chi connectivity index (χ2n) is 9.99. The van der Waals surface area contributed by atoms with E-state index in [4.69, 9.17) is 8.48 Å². The highest BCUT2D eigenvalue weighted by Gasteiger charge is 2.27. The van der Waals surface area contributed by atoms with Crippen molar-refractivity contribution < 1.29 is 27.0 Å². The monoisotopic (exact) mass is 619 g/mol. The molecule has 0 bridgehead atoms. The predicted molar refractivity (Wildman–Crippen MR) is 172 cm³/mol. The highest BCUT2D eigenvalue weighted by molar-refractivity contribution is 5.95. The smallest absolute Gasteiger partial charge is 0.321 e. The molecule has 0 aromatic heterocycles. The Kier molecular flexibility index (Phi) is 12.6. The number of nitrogens with one attached hydrogen (secondary N) is 5. The highest BCUT2D eigenvalue weighted by Crippen LogP contribution is 2.25. The molecule has 0 heterocycles. The van der Waals surface area contributed by atoms with Crippen LogP contribution < -0.4 is 32.3 Å². The third-order valence-corrected chi connectivity index (χ3v) is 6.63. The van der Waals surface area contributed by atoms with Crippen LogP contribution >= 0.6 is 0 Å². The fourth-order valence-corrected chi connectivity index (χ4v) is 4.37. The average Bonchev–Trinajstić information content (AvgIpc) is 3.08. The third-order valence-electron chi connectivity index (χ3n) is 6.63. The van der Waals surface area contributed by atoms with Gasteiger partial charge in [-0.2, -0.15) is 0 Å². The van der Waals surface area contributed by atoms with Crippen LogP contribution in [0.2, 0.25) is 0 Å². The second-order valence-corrected chi connectivity index (χ2v) is 9.99. The van der Waals surface area contributed by atoms with Gasteiger partial charge >= 0.3 is 6.03 Å². The van der Waals surface area contributed by atoms with Gasteiger partial charge in [-0.15, -0.1) is 0 Å². The Morgan fingerprint density at radius 1 is 0.867 bits per heavy atom. The molecule has 0 saturated heterocycles. The van der Waals surface area contributed by atoms with Crippen molar-refractivity contribution in [3.63, 3.8) is 0 Å². The van der Waals surface area contributed by atoms with Gasteiger partial charge in [0.2, 0.25) is 17.7 Å². The molecule has 3 aromatic rings. The van der Waals surface area contributed by atoms with Gasteiger partial charge in [0, 0.05) is 35.3 Å². The summed E-state index contributed by atoms with van der Waals surface area (Å²) in [6.45, 7) is 0.137. The molecule has 3 aromatic carbocycles. The molecule has 12 heteroatoms. The van der Waals surface area contributed by atoms with Gasteiger partial charge in [0.15, 0.2) is 5.96 Å². The molecule has 8 N–H and O–H groups in total. The summed E-state index contributed by atoms with van der Waals surface area (Å²) < 4.78 is 14.4. The lowest BCUT2D eigenvalue weighted by Crippen LogP contribution is -2.48. The molecule has 0 radical (unpaired) electrons. The Bertz CT molecular complexity index is 1440. The van der Waals surface area contributed by atoms with E-state index in [0.29, 0.717) is 6.42 Å². The number of phenols is 1. The molecule has 0 aliphatic rings. The summed E-state index contributed by atoms with van der Waals surface area (Å²) in [4.78, 5) is 54.9. The van der Waals surface area contributed by atoms with Crippen molar-refractivity contribution in [2.75, 3.05) is 19.6 Å². The number of urea groups is 1. The lowest BCUT2D eigenvalue weighted by atomic mass is 9.90. The average molecular weight is 620 g/mol.